The molecule has 1 aliphatic carbocycles. The predicted octanol–water partition coefficient (Wildman–Crippen LogP) is 2.40. The van der Waals surface area contributed by atoms with Crippen molar-refractivity contribution >= 4 is 11.3 Å². The van der Waals surface area contributed by atoms with Gasteiger partial charge in [0.25, 0.3) is 0 Å². The van der Waals surface area contributed by atoms with Crippen LogP contribution >= 0.6 is 11.3 Å². The van der Waals surface area contributed by atoms with Crippen LogP contribution in [0.15, 0.2) is 5.38 Å². The van der Waals surface area contributed by atoms with Crippen molar-refractivity contribution in [1.82, 2.24) is 9.88 Å². The van der Waals surface area contributed by atoms with Gasteiger partial charge in [0, 0.05) is 24.0 Å². The molecule has 1 aromatic heterocycles. The molecule has 1 fully saturated rings. The van der Waals surface area contributed by atoms with Crippen molar-refractivity contribution in [3.63, 3.8) is 0 Å². The van der Waals surface area contributed by atoms with Gasteiger partial charge in [-0.2, -0.15) is 0 Å². The van der Waals surface area contributed by atoms with Crippen LogP contribution in [0.25, 0.3) is 0 Å². The number of rotatable bonds is 4. The third-order valence-corrected chi connectivity index (χ3v) is 4.91. The summed E-state index contributed by atoms with van der Waals surface area (Å²) in [5.41, 5.74) is 7.42. The second kappa shape index (κ2) is 5.04. The molecule has 2 unspecified atom stereocenters. The average molecular weight is 253 g/mol. The maximum Gasteiger partial charge on any atom is 0.0897 e. The number of aromatic nitrogens is 1. The van der Waals surface area contributed by atoms with E-state index in [2.05, 4.69) is 36.2 Å². The van der Waals surface area contributed by atoms with Crippen LogP contribution in [0.5, 0.6) is 0 Å². The first-order valence-electron chi connectivity index (χ1n) is 6.38. The summed E-state index contributed by atoms with van der Waals surface area (Å²) in [6.45, 7) is 6.08. The molecule has 0 bridgehead atoms. The lowest BCUT2D eigenvalue weighted by Crippen LogP contribution is -2.49. The molecule has 0 amide bonds. The number of hydrogen-bond donors (Lipinski definition) is 1. The molecule has 1 heterocycles. The van der Waals surface area contributed by atoms with Gasteiger partial charge in [0.05, 0.1) is 10.7 Å². The average Bonchev–Trinajstić information content (AvgIpc) is 2.86. The molecule has 0 aromatic carbocycles. The van der Waals surface area contributed by atoms with E-state index in [9.17, 15) is 0 Å². The van der Waals surface area contributed by atoms with Gasteiger partial charge in [0.1, 0.15) is 0 Å². The van der Waals surface area contributed by atoms with Gasteiger partial charge in [-0.1, -0.05) is 6.92 Å². The zero-order valence-electron chi connectivity index (χ0n) is 11.1. The quantitative estimate of drug-likeness (QED) is 0.896. The Morgan fingerprint density at radius 1 is 1.65 bits per heavy atom. The molecule has 2 rings (SSSR count). The monoisotopic (exact) mass is 253 g/mol. The molecule has 1 aliphatic rings. The van der Waals surface area contributed by atoms with E-state index in [1.807, 2.05) is 0 Å². The maximum absolute atomic E-state index is 6.03. The number of aryl methyl sites for hydroxylation is 1. The van der Waals surface area contributed by atoms with Crippen LogP contribution in [0.4, 0.5) is 0 Å². The first-order valence-corrected chi connectivity index (χ1v) is 7.26. The van der Waals surface area contributed by atoms with Crippen LogP contribution in [0, 0.1) is 12.8 Å². The molecule has 2 atom stereocenters. The Bertz CT molecular complexity index is 376. The van der Waals surface area contributed by atoms with E-state index in [4.69, 9.17) is 5.73 Å². The smallest absolute Gasteiger partial charge is 0.0897 e. The van der Waals surface area contributed by atoms with Crippen molar-refractivity contribution in [2.24, 2.45) is 11.7 Å². The number of hydrogen-bond acceptors (Lipinski definition) is 4. The topological polar surface area (TPSA) is 42.2 Å². The Balaban J connectivity index is 2.05. The van der Waals surface area contributed by atoms with E-state index >= 15 is 0 Å². The molecule has 0 aliphatic heterocycles. The van der Waals surface area contributed by atoms with Crippen molar-refractivity contribution in [2.45, 2.75) is 45.2 Å². The van der Waals surface area contributed by atoms with Crippen molar-refractivity contribution in [1.29, 1.82) is 0 Å². The van der Waals surface area contributed by atoms with E-state index in [-0.39, 0.29) is 5.54 Å². The summed E-state index contributed by atoms with van der Waals surface area (Å²) in [6.07, 6.45) is 3.75. The van der Waals surface area contributed by atoms with Gasteiger partial charge in [-0.05, 0) is 39.2 Å². The van der Waals surface area contributed by atoms with E-state index in [1.54, 1.807) is 11.3 Å². The van der Waals surface area contributed by atoms with Crippen LogP contribution in [-0.4, -0.2) is 29.0 Å². The number of nitrogens with two attached hydrogens (primary N) is 1. The minimum Gasteiger partial charge on any atom is -0.329 e. The Kier molecular flexibility index (Phi) is 3.85. The molecule has 0 saturated heterocycles. The van der Waals surface area contributed by atoms with Crippen molar-refractivity contribution < 1.29 is 0 Å². The van der Waals surface area contributed by atoms with E-state index < -0.39 is 0 Å². The molecule has 2 N–H and O–H groups in total. The summed E-state index contributed by atoms with van der Waals surface area (Å²) < 4.78 is 0. The fourth-order valence-electron chi connectivity index (χ4n) is 2.95. The van der Waals surface area contributed by atoms with E-state index in [0.717, 1.165) is 24.0 Å². The summed E-state index contributed by atoms with van der Waals surface area (Å²) in [5.74, 6) is 0.804. The first-order chi connectivity index (χ1) is 8.05. The molecule has 96 valence electrons. The minimum absolute atomic E-state index is 0.205. The lowest BCUT2D eigenvalue weighted by atomic mass is 9.94. The van der Waals surface area contributed by atoms with Gasteiger partial charge >= 0.3 is 0 Å². The highest BCUT2D eigenvalue weighted by atomic mass is 32.1. The summed E-state index contributed by atoms with van der Waals surface area (Å²) >= 11 is 1.73. The van der Waals surface area contributed by atoms with Gasteiger partial charge in [-0.25, -0.2) is 4.98 Å². The number of nitrogens with zero attached hydrogens (tertiary/aromatic N) is 2. The second-order valence-corrected chi connectivity index (χ2v) is 6.55. The Morgan fingerprint density at radius 2 is 2.41 bits per heavy atom. The number of likely N-dealkylation sites (N-methyl/N-ethyl adjacent to an activating group) is 1. The van der Waals surface area contributed by atoms with Crippen LogP contribution in [0.2, 0.25) is 0 Å². The van der Waals surface area contributed by atoms with Crippen molar-refractivity contribution in [3.8, 4) is 0 Å². The van der Waals surface area contributed by atoms with Gasteiger partial charge in [-0.15, -0.1) is 11.3 Å². The Hall–Kier alpha value is -0.450. The second-order valence-electron chi connectivity index (χ2n) is 5.49. The van der Waals surface area contributed by atoms with Crippen molar-refractivity contribution in [2.75, 3.05) is 13.6 Å². The molecule has 17 heavy (non-hydrogen) atoms. The predicted molar refractivity (Wildman–Crippen MR) is 73.1 cm³/mol. The van der Waals surface area contributed by atoms with E-state index in [1.165, 1.54) is 25.0 Å². The maximum atomic E-state index is 6.03. The summed E-state index contributed by atoms with van der Waals surface area (Å²) in [7, 11) is 2.19. The molecule has 1 aromatic rings. The lowest BCUT2D eigenvalue weighted by Gasteiger charge is -2.38. The van der Waals surface area contributed by atoms with Gasteiger partial charge in [-0.3, -0.25) is 4.90 Å². The number of thiazole rings is 1. The highest BCUT2D eigenvalue weighted by Crippen LogP contribution is 2.38. The third kappa shape index (κ3) is 2.69. The lowest BCUT2D eigenvalue weighted by molar-refractivity contribution is 0.119. The fraction of sp³-hybridized carbons (Fsp3) is 0.769. The fourth-order valence-corrected chi connectivity index (χ4v) is 3.55. The van der Waals surface area contributed by atoms with Gasteiger partial charge in [0.2, 0.25) is 0 Å². The minimum atomic E-state index is 0.205. The molecule has 3 nitrogen and oxygen atoms in total. The summed E-state index contributed by atoms with van der Waals surface area (Å²) in [6, 6.07) is 0. The summed E-state index contributed by atoms with van der Waals surface area (Å²) in [4.78, 5) is 6.96. The molecule has 0 radical (unpaired) electrons. The summed E-state index contributed by atoms with van der Waals surface area (Å²) in [5, 5.41) is 3.31. The Morgan fingerprint density at radius 3 is 2.88 bits per heavy atom. The zero-order valence-corrected chi connectivity index (χ0v) is 11.9. The zero-order chi connectivity index (χ0) is 12.5. The highest BCUT2D eigenvalue weighted by molar-refractivity contribution is 7.09. The van der Waals surface area contributed by atoms with Crippen LogP contribution in [0.3, 0.4) is 0 Å². The van der Waals surface area contributed by atoms with Gasteiger partial charge in [0.15, 0.2) is 0 Å². The van der Waals surface area contributed by atoms with Crippen molar-refractivity contribution in [3.05, 3.63) is 16.1 Å². The molecule has 4 heteroatoms. The molecular formula is C13H23N3S. The SMILES string of the molecule is Cc1nc(CN(C)C2(CN)CCC(C)C2)cs1. The Labute approximate surface area is 108 Å². The van der Waals surface area contributed by atoms with Crippen LogP contribution < -0.4 is 5.73 Å². The third-order valence-electron chi connectivity index (χ3n) is 4.09. The highest BCUT2D eigenvalue weighted by Gasteiger charge is 2.39. The van der Waals surface area contributed by atoms with E-state index in [0.29, 0.717) is 0 Å². The molecular weight excluding hydrogens is 230 g/mol. The molecule has 1 saturated carbocycles. The van der Waals surface area contributed by atoms with Crippen LogP contribution in [-0.2, 0) is 6.54 Å². The largest absolute Gasteiger partial charge is 0.329 e. The van der Waals surface area contributed by atoms with Crippen LogP contribution in [0.1, 0.15) is 36.9 Å². The standard InChI is InChI=1S/C13H23N3S/c1-10-4-5-13(6-10,9-14)16(3)7-12-8-17-11(2)15-12/h8,10H,4-7,9,14H2,1-3H3. The first kappa shape index (κ1) is 13.0. The normalized spacial score (nSPS) is 29.1. The molecule has 0 spiro atoms. The van der Waals surface area contributed by atoms with Gasteiger partial charge < -0.3 is 5.73 Å².